The normalized spacial score (nSPS) is 12.8. The number of hydrogen-bond acceptors (Lipinski definition) is 2. The molecule has 1 heterocycles. The monoisotopic (exact) mass is 319 g/mol. The van der Waals surface area contributed by atoms with E-state index in [0.717, 1.165) is 22.4 Å². The molecule has 0 aliphatic rings. The average Bonchev–Trinajstić information content (AvgIpc) is 3.02. The third-order valence-electron chi connectivity index (χ3n) is 3.89. The van der Waals surface area contributed by atoms with Crippen LogP contribution in [0.25, 0.3) is 17.1 Å². The summed E-state index contributed by atoms with van der Waals surface area (Å²) in [6.45, 7) is 4.14. The molecule has 0 bridgehead atoms. The highest BCUT2D eigenvalue weighted by molar-refractivity contribution is 5.92. The Morgan fingerprint density at radius 3 is 2.50 bits per heavy atom. The molecule has 1 amide bonds. The van der Waals surface area contributed by atoms with Gasteiger partial charge in [-0.1, -0.05) is 56.3 Å². The molecule has 2 aromatic carbocycles. The van der Waals surface area contributed by atoms with Gasteiger partial charge in [-0.2, -0.15) is 0 Å². The molecule has 24 heavy (non-hydrogen) atoms. The third-order valence-corrected chi connectivity index (χ3v) is 3.89. The number of fused-ring (bicyclic) bond motifs is 1. The van der Waals surface area contributed by atoms with Gasteiger partial charge in [0.05, 0.1) is 17.1 Å². The summed E-state index contributed by atoms with van der Waals surface area (Å²) in [7, 11) is 0. The van der Waals surface area contributed by atoms with Crippen molar-refractivity contribution in [1.29, 1.82) is 0 Å². The predicted octanol–water partition coefficient (Wildman–Crippen LogP) is 4.09. The summed E-state index contributed by atoms with van der Waals surface area (Å²) in [5.74, 6) is 0.880. The van der Waals surface area contributed by atoms with Gasteiger partial charge >= 0.3 is 0 Å². The Morgan fingerprint density at radius 1 is 1.08 bits per heavy atom. The van der Waals surface area contributed by atoms with Crippen molar-refractivity contribution in [3.8, 4) is 0 Å². The van der Waals surface area contributed by atoms with Crippen molar-refractivity contribution in [3.05, 3.63) is 72.1 Å². The zero-order valence-electron chi connectivity index (χ0n) is 13.9. The van der Waals surface area contributed by atoms with Crippen LogP contribution >= 0.6 is 0 Å². The number of rotatable bonds is 5. The van der Waals surface area contributed by atoms with E-state index in [0.29, 0.717) is 0 Å². The zero-order chi connectivity index (χ0) is 16.9. The minimum absolute atomic E-state index is 0.127. The maximum absolute atomic E-state index is 12.3. The molecule has 0 radical (unpaired) electrons. The minimum Gasteiger partial charge on any atom is -0.342 e. The Morgan fingerprint density at radius 2 is 1.79 bits per heavy atom. The van der Waals surface area contributed by atoms with Crippen LogP contribution in [-0.4, -0.2) is 15.9 Å². The number of amides is 1. The Bertz CT molecular complexity index is 816. The molecule has 0 aliphatic carbocycles. The number of nitrogens with one attached hydrogen (secondary N) is 2. The van der Waals surface area contributed by atoms with E-state index in [1.807, 2.05) is 60.7 Å². The number of hydrogen-bond donors (Lipinski definition) is 2. The van der Waals surface area contributed by atoms with Crippen molar-refractivity contribution in [1.82, 2.24) is 15.3 Å². The molecule has 0 saturated carbocycles. The molecule has 1 aromatic heterocycles. The topological polar surface area (TPSA) is 57.8 Å². The van der Waals surface area contributed by atoms with E-state index in [2.05, 4.69) is 29.1 Å². The van der Waals surface area contributed by atoms with Gasteiger partial charge < -0.3 is 10.3 Å². The van der Waals surface area contributed by atoms with Crippen molar-refractivity contribution in [2.24, 2.45) is 5.92 Å². The van der Waals surface area contributed by atoms with Gasteiger partial charge in [-0.25, -0.2) is 4.98 Å². The standard InChI is InChI=1S/C20H21N3O/c1-14(2)19(20-21-16-10-6-7-11-17(16)22-20)23-18(24)13-12-15-8-4-3-5-9-15/h3-14,19H,1-2H3,(H,21,22)(H,23,24)/b13-12+/t19-/m0/s1. The van der Waals surface area contributed by atoms with E-state index in [1.54, 1.807) is 6.08 Å². The highest BCUT2D eigenvalue weighted by atomic mass is 16.1. The molecule has 0 fully saturated rings. The van der Waals surface area contributed by atoms with Crippen LogP contribution in [0.2, 0.25) is 0 Å². The molecule has 3 rings (SSSR count). The van der Waals surface area contributed by atoms with Gasteiger partial charge in [-0.05, 0) is 29.7 Å². The lowest BCUT2D eigenvalue weighted by molar-refractivity contribution is -0.117. The lowest BCUT2D eigenvalue weighted by atomic mass is 10.0. The fraction of sp³-hybridized carbons (Fsp3) is 0.200. The second-order valence-electron chi connectivity index (χ2n) is 6.11. The molecule has 0 spiro atoms. The van der Waals surface area contributed by atoms with Gasteiger partial charge in [0.1, 0.15) is 5.82 Å². The van der Waals surface area contributed by atoms with Crippen LogP contribution in [0.3, 0.4) is 0 Å². The van der Waals surface area contributed by atoms with E-state index >= 15 is 0 Å². The van der Waals surface area contributed by atoms with Gasteiger partial charge in [0, 0.05) is 6.08 Å². The molecule has 2 N–H and O–H groups in total. The van der Waals surface area contributed by atoms with Gasteiger partial charge in [0.15, 0.2) is 0 Å². The van der Waals surface area contributed by atoms with Crippen molar-refractivity contribution in [2.45, 2.75) is 19.9 Å². The van der Waals surface area contributed by atoms with Crippen molar-refractivity contribution < 1.29 is 4.79 Å². The van der Waals surface area contributed by atoms with Crippen molar-refractivity contribution in [2.75, 3.05) is 0 Å². The number of aromatic nitrogens is 2. The molecule has 4 nitrogen and oxygen atoms in total. The van der Waals surface area contributed by atoms with E-state index in [-0.39, 0.29) is 17.9 Å². The number of carbonyl (C=O) groups is 1. The summed E-state index contributed by atoms with van der Waals surface area (Å²) >= 11 is 0. The van der Waals surface area contributed by atoms with E-state index < -0.39 is 0 Å². The summed E-state index contributed by atoms with van der Waals surface area (Å²) in [5.41, 5.74) is 2.89. The molecular formula is C20H21N3O. The van der Waals surface area contributed by atoms with Crippen LogP contribution in [0.4, 0.5) is 0 Å². The first-order chi connectivity index (χ1) is 11.6. The number of aromatic amines is 1. The highest BCUT2D eigenvalue weighted by Gasteiger charge is 2.20. The second kappa shape index (κ2) is 7.13. The fourth-order valence-corrected chi connectivity index (χ4v) is 2.61. The Kier molecular flexibility index (Phi) is 4.75. The first kappa shape index (κ1) is 16.0. The van der Waals surface area contributed by atoms with Gasteiger partial charge in [-0.15, -0.1) is 0 Å². The van der Waals surface area contributed by atoms with Crippen LogP contribution in [0.15, 0.2) is 60.7 Å². The maximum atomic E-state index is 12.3. The van der Waals surface area contributed by atoms with Crippen molar-refractivity contribution >= 4 is 23.0 Å². The molecule has 122 valence electrons. The third kappa shape index (κ3) is 3.71. The van der Waals surface area contributed by atoms with Gasteiger partial charge in [0.25, 0.3) is 0 Å². The fourth-order valence-electron chi connectivity index (χ4n) is 2.61. The Labute approximate surface area is 141 Å². The Balaban J connectivity index is 1.76. The maximum Gasteiger partial charge on any atom is 0.244 e. The number of para-hydroxylation sites is 2. The van der Waals surface area contributed by atoms with E-state index in [1.165, 1.54) is 0 Å². The zero-order valence-corrected chi connectivity index (χ0v) is 13.9. The minimum atomic E-state index is -0.162. The van der Waals surface area contributed by atoms with Crippen LogP contribution < -0.4 is 5.32 Å². The van der Waals surface area contributed by atoms with Gasteiger partial charge in [-0.3, -0.25) is 4.79 Å². The summed E-state index contributed by atoms with van der Waals surface area (Å²) in [5, 5.41) is 3.04. The molecule has 0 unspecified atom stereocenters. The van der Waals surface area contributed by atoms with Crippen LogP contribution in [-0.2, 0) is 4.79 Å². The predicted molar refractivity (Wildman–Crippen MR) is 97.3 cm³/mol. The number of carbonyl (C=O) groups excluding carboxylic acids is 1. The SMILES string of the molecule is CC(C)[C@H](NC(=O)/C=C/c1ccccc1)c1nc2ccccc2[nH]1. The Hall–Kier alpha value is -2.88. The highest BCUT2D eigenvalue weighted by Crippen LogP contribution is 2.22. The second-order valence-corrected chi connectivity index (χ2v) is 6.11. The number of benzene rings is 2. The lowest BCUT2D eigenvalue weighted by Gasteiger charge is -2.19. The molecule has 1 atom stereocenters. The van der Waals surface area contributed by atoms with E-state index in [9.17, 15) is 4.79 Å². The number of imidazole rings is 1. The summed E-state index contributed by atoms with van der Waals surface area (Å²) in [6, 6.07) is 17.5. The number of nitrogens with zero attached hydrogens (tertiary/aromatic N) is 1. The van der Waals surface area contributed by atoms with Crippen LogP contribution in [0, 0.1) is 5.92 Å². The summed E-state index contributed by atoms with van der Waals surface area (Å²) < 4.78 is 0. The van der Waals surface area contributed by atoms with Gasteiger partial charge in [0.2, 0.25) is 5.91 Å². The average molecular weight is 319 g/mol. The van der Waals surface area contributed by atoms with Crippen LogP contribution in [0.5, 0.6) is 0 Å². The smallest absolute Gasteiger partial charge is 0.244 e. The molecular weight excluding hydrogens is 298 g/mol. The summed E-state index contributed by atoms with van der Waals surface area (Å²) in [6.07, 6.45) is 3.37. The molecule has 4 heteroatoms. The number of H-pyrrole nitrogens is 1. The van der Waals surface area contributed by atoms with E-state index in [4.69, 9.17) is 0 Å². The molecule has 0 aliphatic heterocycles. The van der Waals surface area contributed by atoms with Crippen LogP contribution in [0.1, 0.15) is 31.3 Å². The largest absolute Gasteiger partial charge is 0.342 e. The first-order valence-corrected chi connectivity index (χ1v) is 8.12. The molecule has 0 saturated heterocycles. The molecule has 3 aromatic rings. The van der Waals surface area contributed by atoms with Crippen molar-refractivity contribution in [3.63, 3.8) is 0 Å². The lowest BCUT2D eigenvalue weighted by Crippen LogP contribution is -2.31. The quantitative estimate of drug-likeness (QED) is 0.696. The summed E-state index contributed by atoms with van der Waals surface area (Å²) in [4.78, 5) is 20.2. The first-order valence-electron chi connectivity index (χ1n) is 8.12.